The molecule has 21 heavy (non-hydrogen) atoms. The number of halogens is 1. The minimum absolute atomic E-state index is 0.455. The van der Waals surface area contributed by atoms with Crippen LogP contribution in [0.3, 0.4) is 0 Å². The molecular weight excluding hydrogens is 328 g/mol. The van der Waals surface area contributed by atoms with Crippen LogP contribution in [0.4, 0.5) is 0 Å². The highest BCUT2D eigenvalue weighted by Crippen LogP contribution is 2.16. The normalized spacial score (nSPS) is 23.0. The van der Waals surface area contributed by atoms with Crippen LogP contribution in [-0.4, -0.2) is 67.1 Å². The third-order valence-electron chi connectivity index (χ3n) is 4.26. The van der Waals surface area contributed by atoms with Gasteiger partial charge in [-0.05, 0) is 74.1 Å². The van der Waals surface area contributed by atoms with Crippen LogP contribution in [0.25, 0.3) is 0 Å². The predicted molar refractivity (Wildman–Crippen MR) is 91.6 cm³/mol. The minimum Gasteiger partial charge on any atom is -0.312 e. The maximum atomic E-state index is 4.30. The lowest BCUT2D eigenvalue weighted by atomic mass is 9.99. The van der Waals surface area contributed by atoms with Gasteiger partial charge in [0.05, 0.1) is 0 Å². The van der Waals surface area contributed by atoms with Gasteiger partial charge in [-0.15, -0.1) is 0 Å². The second kappa shape index (κ2) is 8.22. The van der Waals surface area contributed by atoms with E-state index in [0.717, 1.165) is 24.0 Å². The Morgan fingerprint density at radius 1 is 1.38 bits per heavy atom. The zero-order chi connectivity index (χ0) is 15.2. The largest absolute Gasteiger partial charge is 0.312 e. The van der Waals surface area contributed by atoms with Gasteiger partial charge in [-0.2, -0.15) is 0 Å². The molecule has 1 aliphatic rings. The Hall–Kier alpha value is -0.490. The van der Waals surface area contributed by atoms with Gasteiger partial charge in [0, 0.05) is 35.5 Å². The molecule has 2 atom stereocenters. The Morgan fingerprint density at radius 2 is 2.19 bits per heavy atom. The number of nitrogens with one attached hydrogen (secondary N) is 1. The lowest BCUT2D eigenvalue weighted by Gasteiger charge is -2.35. The van der Waals surface area contributed by atoms with E-state index in [-0.39, 0.29) is 0 Å². The van der Waals surface area contributed by atoms with Crippen molar-refractivity contribution in [2.45, 2.75) is 31.8 Å². The van der Waals surface area contributed by atoms with Gasteiger partial charge >= 0.3 is 0 Å². The van der Waals surface area contributed by atoms with Gasteiger partial charge in [0.15, 0.2) is 0 Å². The number of likely N-dealkylation sites (N-methyl/N-ethyl adjacent to an activating group) is 3. The molecule has 0 spiro atoms. The molecule has 0 amide bonds. The maximum Gasteiger partial charge on any atom is 0.0410 e. The van der Waals surface area contributed by atoms with E-state index in [4.69, 9.17) is 0 Å². The van der Waals surface area contributed by atoms with E-state index in [1.807, 2.05) is 12.4 Å². The van der Waals surface area contributed by atoms with Crippen molar-refractivity contribution in [3.8, 4) is 0 Å². The summed E-state index contributed by atoms with van der Waals surface area (Å²) in [6, 6.07) is 3.17. The molecule has 2 unspecified atom stereocenters. The summed E-state index contributed by atoms with van der Waals surface area (Å²) >= 11 is 3.52. The van der Waals surface area contributed by atoms with Crippen molar-refractivity contribution in [3.05, 3.63) is 28.5 Å². The Kier molecular flexibility index (Phi) is 6.61. The molecule has 2 heterocycles. The van der Waals surface area contributed by atoms with Crippen LogP contribution in [-0.2, 0) is 6.42 Å². The van der Waals surface area contributed by atoms with Gasteiger partial charge in [-0.25, -0.2) is 0 Å². The molecule has 2 rings (SSSR count). The summed E-state index contributed by atoms with van der Waals surface area (Å²) in [5, 5.41) is 3.69. The van der Waals surface area contributed by atoms with Crippen molar-refractivity contribution in [1.82, 2.24) is 20.1 Å². The molecule has 118 valence electrons. The fourth-order valence-electron chi connectivity index (χ4n) is 3.17. The highest BCUT2D eigenvalue weighted by Gasteiger charge is 2.28. The number of nitrogens with zero attached hydrogens (tertiary/aromatic N) is 3. The predicted octanol–water partition coefficient (Wildman–Crippen LogP) is 2.00. The Morgan fingerprint density at radius 3 is 2.90 bits per heavy atom. The molecule has 0 bridgehead atoms. The molecule has 1 aromatic heterocycles. The van der Waals surface area contributed by atoms with E-state index in [2.05, 4.69) is 63.1 Å². The van der Waals surface area contributed by atoms with Crippen LogP contribution in [0.15, 0.2) is 22.9 Å². The van der Waals surface area contributed by atoms with Gasteiger partial charge in [0.1, 0.15) is 0 Å². The van der Waals surface area contributed by atoms with Crippen LogP contribution in [0.2, 0.25) is 0 Å². The van der Waals surface area contributed by atoms with E-state index < -0.39 is 0 Å². The third-order valence-corrected chi connectivity index (χ3v) is 4.70. The fourth-order valence-corrected chi connectivity index (χ4v) is 3.58. The molecule has 1 fully saturated rings. The first kappa shape index (κ1) is 16.9. The van der Waals surface area contributed by atoms with Crippen LogP contribution < -0.4 is 5.32 Å². The van der Waals surface area contributed by atoms with E-state index in [1.165, 1.54) is 25.1 Å². The zero-order valence-corrected chi connectivity index (χ0v) is 14.9. The summed E-state index contributed by atoms with van der Waals surface area (Å²) in [4.78, 5) is 9.27. The van der Waals surface area contributed by atoms with Crippen LogP contribution in [0, 0.1) is 0 Å². The quantitative estimate of drug-likeness (QED) is 0.876. The van der Waals surface area contributed by atoms with Gasteiger partial charge in [-0.3, -0.25) is 4.98 Å². The molecule has 0 aromatic carbocycles. The smallest absolute Gasteiger partial charge is 0.0410 e. The number of aromatic nitrogens is 1. The standard InChI is InChI=1S/C16H27BrN4/c1-4-19-15(9-13-8-14(17)11-18-10-13)16-12-20(2)6-5-7-21(16)3/h8,10-11,15-16,19H,4-7,9,12H2,1-3H3. The molecule has 1 N–H and O–H groups in total. The average molecular weight is 355 g/mol. The fraction of sp³-hybridized carbons (Fsp3) is 0.688. The first-order chi connectivity index (χ1) is 10.1. The lowest BCUT2D eigenvalue weighted by molar-refractivity contribution is 0.178. The highest BCUT2D eigenvalue weighted by atomic mass is 79.9. The van der Waals surface area contributed by atoms with E-state index in [1.54, 1.807) is 0 Å². The highest BCUT2D eigenvalue weighted by molar-refractivity contribution is 9.10. The Balaban J connectivity index is 2.12. The summed E-state index contributed by atoms with van der Waals surface area (Å²) < 4.78 is 1.06. The first-order valence-corrected chi connectivity index (χ1v) is 8.61. The third kappa shape index (κ3) is 5.02. The number of rotatable bonds is 5. The van der Waals surface area contributed by atoms with Crippen LogP contribution in [0.1, 0.15) is 18.9 Å². The summed E-state index contributed by atoms with van der Waals surface area (Å²) in [7, 11) is 4.49. The molecule has 1 saturated heterocycles. The second-order valence-electron chi connectivity index (χ2n) is 6.04. The van der Waals surface area contributed by atoms with Gasteiger partial charge in [-0.1, -0.05) is 6.92 Å². The first-order valence-electron chi connectivity index (χ1n) is 7.81. The summed E-state index contributed by atoms with van der Waals surface area (Å²) in [5.41, 5.74) is 1.29. The van der Waals surface area contributed by atoms with Gasteiger partial charge < -0.3 is 15.1 Å². The summed E-state index contributed by atoms with van der Waals surface area (Å²) in [6.45, 7) is 6.67. The molecular formula is C16H27BrN4. The Bertz CT molecular complexity index is 440. The molecule has 4 nitrogen and oxygen atoms in total. The van der Waals surface area contributed by atoms with Gasteiger partial charge in [0.2, 0.25) is 0 Å². The molecule has 0 aliphatic carbocycles. The topological polar surface area (TPSA) is 31.4 Å². The monoisotopic (exact) mass is 354 g/mol. The van der Waals surface area contributed by atoms with Crippen molar-refractivity contribution in [2.24, 2.45) is 0 Å². The number of hydrogen-bond acceptors (Lipinski definition) is 4. The van der Waals surface area contributed by atoms with E-state index in [0.29, 0.717) is 12.1 Å². The van der Waals surface area contributed by atoms with E-state index in [9.17, 15) is 0 Å². The van der Waals surface area contributed by atoms with Gasteiger partial charge in [0.25, 0.3) is 0 Å². The van der Waals surface area contributed by atoms with Crippen molar-refractivity contribution in [1.29, 1.82) is 0 Å². The molecule has 1 aliphatic heterocycles. The summed E-state index contributed by atoms with van der Waals surface area (Å²) in [6.07, 6.45) is 6.09. The maximum absolute atomic E-state index is 4.30. The van der Waals surface area contributed by atoms with Crippen molar-refractivity contribution in [2.75, 3.05) is 40.3 Å². The minimum atomic E-state index is 0.455. The second-order valence-corrected chi connectivity index (χ2v) is 6.96. The zero-order valence-electron chi connectivity index (χ0n) is 13.3. The summed E-state index contributed by atoms with van der Waals surface area (Å²) in [5.74, 6) is 0. The molecule has 0 radical (unpaired) electrons. The van der Waals surface area contributed by atoms with Crippen molar-refractivity contribution >= 4 is 15.9 Å². The van der Waals surface area contributed by atoms with Crippen LogP contribution >= 0.6 is 15.9 Å². The number of pyridine rings is 1. The van der Waals surface area contributed by atoms with Crippen molar-refractivity contribution in [3.63, 3.8) is 0 Å². The van der Waals surface area contributed by atoms with E-state index >= 15 is 0 Å². The molecule has 0 saturated carbocycles. The molecule has 5 heteroatoms. The molecule has 1 aromatic rings. The van der Waals surface area contributed by atoms with Crippen molar-refractivity contribution < 1.29 is 0 Å². The average Bonchev–Trinajstić information content (AvgIpc) is 2.60. The lowest BCUT2D eigenvalue weighted by Crippen LogP contribution is -2.53. The SMILES string of the molecule is CCNC(Cc1cncc(Br)c1)C1CN(C)CCCN1C. The number of hydrogen-bond donors (Lipinski definition) is 1. The van der Waals surface area contributed by atoms with Crippen LogP contribution in [0.5, 0.6) is 0 Å². The Labute approximate surface area is 137 Å².